The molecule has 0 bridgehead atoms. The lowest BCUT2D eigenvalue weighted by molar-refractivity contribution is -0.121. The fourth-order valence-corrected chi connectivity index (χ4v) is 1.77. The molecule has 2 aromatic rings. The molecule has 21 heavy (non-hydrogen) atoms. The maximum absolute atomic E-state index is 12.1. The molecule has 2 heterocycles. The molecule has 0 radical (unpaired) electrons. The summed E-state index contributed by atoms with van der Waals surface area (Å²) < 4.78 is 5.57. The van der Waals surface area contributed by atoms with Crippen molar-refractivity contribution in [1.29, 1.82) is 0 Å². The fraction of sp³-hybridized carbons (Fsp3) is 0.250. The number of hydrogen-bond acceptors (Lipinski definition) is 6. The van der Waals surface area contributed by atoms with Crippen molar-refractivity contribution >= 4 is 22.8 Å². The Kier molecular flexibility index (Phi) is 3.83. The summed E-state index contributed by atoms with van der Waals surface area (Å²) in [5, 5.41) is 18.9. The van der Waals surface area contributed by atoms with Gasteiger partial charge in [0.25, 0.3) is 5.56 Å². The summed E-state index contributed by atoms with van der Waals surface area (Å²) in [6, 6.07) is 0. The van der Waals surface area contributed by atoms with Gasteiger partial charge in [-0.05, 0) is 6.92 Å². The van der Waals surface area contributed by atoms with Gasteiger partial charge in [-0.3, -0.25) is 9.59 Å². The van der Waals surface area contributed by atoms with Crippen molar-refractivity contribution in [2.24, 2.45) is 0 Å². The summed E-state index contributed by atoms with van der Waals surface area (Å²) in [5.74, 6) is -1.66. The maximum Gasteiger partial charge on any atom is 0.357 e. The highest BCUT2D eigenvalue weighted by Gasteiger charge is 2.22. The van der Waals surface area contributed by atoms with E-state index in [1.165, 1.54) is 13.0 Å². The third kappa shape index (κ3) is 2.66. The van der Waals surface area contributed by atoms with Crippen LogP contribution in [-0.4, -0.2) is 38.5 Å². The van der Waals surface area contributed by atoms with Gasteiger partial charge < -0.3 is 14.9 Å². The highest BCUT2D eigenvalue weighted by atomic mass is 16.5. The Labute approximate surface area is 117 Å². The first-order chi connectivity index (χ1) is 9.95. The van der Waals surface area contributed by atoms with Crippen LogP contribution in [0.4, 0.5) is 0 Å². The zero-order valence-electron chi connectivity index (χ0n) is 11.1. The second-order valence-corrected chi connectivity index (χ2v) is 4.17. The van der Waals surface area contributed by atoms with Crippen LogP contribution in [0, 0.1) is 6.92 Å². The first kappa shape index (κ1) is 14.4. The Hall–Kier alpha value is -2.97. The van der Waals surface area contributed by atoms with E-state index in [0.717, 1.165) is 4.68 Å². The molecular weight excluding hydrogens is 280 g/mol. The first-order valence-corrected chi connectivity index (χ1v) is 5.93. The molecule has 9 nitrogen and oxygen atoms in total. The number of fused-ring (bicyclic) bond motifs is 1. The van der Waals surface area contributed by atoms with E-state index in [-0.39, 0.29) is 28.9 Å². The number of aromatic nitrogens is 3. The van der Waals surface area contributed by atoms with E-state index in [4.69, 9.17) is 9.63 Å². The van der Waals surface area contributed by atoms with Gasteiger partial charge in [0.1, 0.15) is 12.3 Å². The van der Waals surface area contributed by atoms with Crippen LogP contribution < -0.4 is 10.9 Å². The molecule has 9 heteroatoms. The van der Waals surface area contributed by atoms with Crippen LogP contribution in [0.3, 0.4) is 0 Å². The third-order valence-corrected chi connectivity index (χ3v) is 2.70. The Bertz CT molecular complexity index is 789. The molecule has 1 amide bonds. The number of carbonyl (C=O) groups is 2. The van der Waals surface area contributed by atoms with Crippen molar-refractivity contribution in [3.8, 4) is 0 Å². The van der Waals surface area contributed by atoms with E-state index in [0.29, 0.717) is 0 Å². The summed E-state index contributed by atoms with van der Waals surface area (Å²) in [5.41, 5.74) is -1.25. The Morgan fingerprint density at radius 1 is 1.52 bits per heavy atom. The molecule has 2 N–H and O–H groups in total. The summed E-state index contributed by atoms with van der Waals surface area (Å²) in [6.45, 7) is 4.72. The molecule has 0 saturated carbocycles. The van der Waals surface area contributed by atoms with E-state index in [1.807, 2.05) is 0 Å². The van der Waals surface area contributed by atoms with Crippen LogP contribution in [-0.2, 0) is 11.3 Å². The number of aryl methyl sites for hydroxylation is 1. The summed E-state index contributed by atoms with van der Waals surface area (Å²) in [6.07, 6.45) is 1.47. The Morgan fingerprint density at radius 3 is 2.86 bits per heavy atom. The van der Waals surface area contributed by atoms with Gasteiger partial charge in [0, 0.05) is 6.54 Å². The first-order valence-electron chi connectivity index (χ1n) is 5.93. The van der Waals surface area contributed by atoms with Crippen molar-refractivity contribution in [2.45, 2.75) is 13.5 Å². The number of nitrogens with one attached hydrogen (secondary N) is 1. The molecule has 0 spiro atoms. The Morgan fingerprint density at radius 2 is 2.24 bits per heavy atom. The van der Waals surface area contributed by atoms with Gasteiger partial charge in [0.05, 0.1) is 5.39 Å². The number of carbonyl (C=O) groups excluding carboxylic acids is 1. The predicted molar refractivity (Wildman–Crippen MR) is 71.0 cm³/mol. The van der Waals surface area contributed by atoms with Gasteiger partial charge in [-0.15, -0.1) is 6.58 Å². The molecule has 0 aliphatic carbocycles. The molecule has 0 fully saturated rings. The van der Waals surface area contributed by atoms with Gasteiger partial charge in [0.2, 0.25) is 5.91 Å². The lowest BCUT2D eigenvalue weighted by Crippen LogP contribution is -2.34. The van der Waals surface area contributed by atoms with E-state index < -0.39 is 24.0 Å². The average molecular weight is 292 g/mol. The largest absolute Gasteiger partial charge is 0.476 e. The molecule has 0 atom stereocenters. The molecule has 0 aliphatic rings. The minimum Gasteiger partial charge on any atom is -0.476 e. The second kappa shape index (κ2) is 5.57. The van der Waals surface area contributed by atoms with Crippen LogP contribution in [0.25, 0.3) is 10.9 Å². The van der Waals surface area contributed by atoms with E-state index in [1.54, 1.807) is 0 Å². The van der Waals surface area contributed by atoms with Crippen LogP contribution in [0.15, 0.2) is 22.0 Å². The standard InChI is InChI=1S/C12H12N4O5/c1-3-4-13-7(17)5-16-11(18)9-8(6(2)21-15-9)10(14-16)12(19)20/h3H,1,4-5H2,2H3,(H,13,17)(H,19,20). The number of hydrogen-bond donors (Lipinski definition) is 2. The molecule has 0 aliphatic heterocycles. The lowest BCUT2D eigenvalue weighted by Gasteiger charge is -2.06. The minimum absolute atomic E-state index is 0.0373. The quantitative estimate of drug-likeness (QED) is 0.724. The molecule has 2 aromatic heterocycles. The van der Waals surface area contributed by atoms with Gasteiger partial charge in [0.15, 0.2) is 11.2 Å². The van der Waals surface area contributed by atoms with Crippen molar-refractivity contribution in [1.82, 2.24) is 20.3 Å². The zero-order valence-corrected chi connectivity index (χ0v) is 11.1. The smallest absolute Gasteiger partial charge is 0.357 e. The summed E-state index contributed by atoms with van der Waals surface area (Å²) in [7, 11) is 0. The third-order valence-electron chi connectivity index (χ3n) is 2.70. The van der Waals surface area contributed by atoms with Gasteiger partial charge in [-0.1, -0.05) is 11.2 Å². The van der Waals surface area contributed by atoms with Gasteiger partial charge >= 0.3 is 5.97 Å². The van der Waals surface area contributed by atoms with Crippen LogP contribution in [0.1, 0.15) is 16.2 Å². The van der Waals surface area contributed by atoms with Crippen molar-refractivity contribution < 1.29 is 19.2 Å². The van der Waals surface area contributed by atoms with Gasteiger partial charge in [-0.25, -0.2) is 9.48 Å². The van der Waals surface area contributed by atoms with Crippen molar-refractivity contribution in [3.63, 3.8) is 0 Å². The van der Waals surface area contributed by atoms with E-state index in [9.17, 15) is 14.4 Å². The van der Waals surface area contributed by atoms with Crippen LogP contribution >= 0.6 is 0 Å². The molecule has 0 saturated heterocycles. The summed E-state index contributed by atoms with van der Waals surface area (Å²) >= 11 is 0. The summed E-state index contributed by atoms with van der Waals surface area (Å²) in [4.78, 5) is 34.9. The monoisotopic (exact) mass is 292 g/mol. The fourth-order valence-electron chi connectivity index (χ4n) is 1.77. The lowest BCUT2D eigenvalue weighted by atomic mass is 10.2. The van der Waals surface area contributed by atoms with E-state index >= 15 is 0 Å². The van der Waals surface area contributed by atoms with Crippen LogP contribution in [0.5, 0.6) is 0 Å². The average Bonchev–Trinajstić information content (AvgIpc) is 2.82. The number of aromatic carboxylic acids is 1. The minimum atomic E-state index is -1.34. The predicted octanol–water partition coefficient (Wildman–Crippen LogP) is -0.307. The zero-order chi connectivity index (χ0) is 15.6. The Balaban J connectivity index is 2.53. The SMILES string of the molecule is C=CCNC(=O)Cn1nc(C(=O)O)c2c(C)onc2c1=O. The number of nitrogens with zero attached hydrogens (tertiary/aromatic N) is 3. The number of carboxylic acids is 1. The van der Waals surface area contributed by atoms with Crippen molar-refractivity contribution in [3.05, 3.63) is 34.5 Å². The molecule has 0 aromatic carbocycles. The molecule has 0 unspecified atom stereocenters. The number of amides is 1. The topological polar surface area (TPSA) is 127 Å². The van der Waals surface area contributed by atoms with Crippen LogP contribution in [0.2, 0.25) is 0 Å². The van der Waals surface area contributed by atoms with E-state index in [2.05, 4.69) is 22.2 Å². The highest BCUT2D eigenvalue weighted by Crippen LogP contribution is 2.17. The van der Waals surface area contributed by atoms with Gasteiger partial charge in [-0.2, -0.15) is 5.10 Å². The molecule has 2 rings (SSSR count). The molecular formula is C12H12N4O5. The number of carboxylic acid groups (broad SMARTS) is 1. The highest BCUT2D eigenvalue weighted by molar-refractivity contribution is 6.00. The van der Waals surface area contributed by atoms with Crippen molar-refractivity contribution in [2.75, 3.05) is 6.54 Å². The maximum atomic E-state index is 12.1. The second-order valence-electron chi connectivity index (χ2n) is 4.17. The normalized spacial score (nSPS) is 10.5. The molecule has 110 valence electrons. The number of rotatable bonds is 5.